The second-order valence-corrected chi connectivity index (χ2v) is 8.66. The van der Waals surface area contributed by atoms with E-state index in [0.29, 0.717) is 0 Å². The van der Waals surface area contributed by atoms with E-state index in [9.17, 15) is 8.42 Å². The van der Waals surface area contributed by atoms with Gasteiger partial charge in [-0.25, -0.2) is 8.42 Å². The van der Waals surface area contributed by atoms with E-state index in [1.807, 2.05) is 18.5 Å². The number of rotatable bonds is 6. The van der Waals surface area contributed by atoms with Crippen LogP contribution in [0.4, 0.5) is 0 Å². The second-order valence-electron chi connectivity index (χ2n) is 5.74. The topological polar surface area (TPSA) is 55.2 Å². The molecule has 1 heterocycles. The Labute approximate surface area is 153 Å². The number of aromatic nitrogens is 2. The van der Waals surface area contributed by atoms with Gasteiger partial charge in [0.15, 0.2) is 0 Å². The third-order valence-electron chi connectivity index (χ3n) is 3.89. The SMILES string of the molecule is CCCn1nc(C)c(CN(C)S(=O)(=O)c2cc(Cl)cc(Cl)c2)c1C. The molecular weight excluding hydrogens is 369 g/mol. The minimum atomic E-state index is -3.69. The molecule has 0 aliphatic heterocycles. The maximum atomic E-state index is 12.8. The van der Waals surface area contributed by atoms with Gasteiger partial charge in [0.25, 0.3) is 0 Å². The average molecular weight is 390 g/mol. The Balaban J connectivity index is 2.33. The van der Waals surface area contributed by atoms with E-state index in [2.05, 4.69) is 12.0 Å². The van der Waals surface area contributed by atoms with Gasteiger partial charge in [0.2, 0.25) is 10.0 Å². The zero-order valence-corrected chi connectivity index (χ0v) is 16.5. The van der Waals surface area contributed by atoms with Crippen LogP contribution in [0.3, 0.4) is 0 Å². The largest absolute Gasteiger partial charge is 0.269 e. The smallest absolute Gasteiger partial charge is 0.243 e. The zero-order chi connectivity index (χ0) is 18.1. The van der Waals surface area contributed by atoms with Crippen molar-refractivity contribution in [1.29, 1.82) is 0 Å². The fourth-order valence-electron chi connectivity index (χ4n) is 2.56. The fraction of sp³-hybridized carbons (Fsp3) is 0.438. The minimum absolute atomic E-state index is 0.0822. The molecule has 1 aromatic carbocycles. The summed E-state index contributed by atoms with van der Waals surface area (Å²) >= 11 is 11.9. The fourth-order valence-corrected chi connectivity index (χ4v) is 4.42. The number of hydrogen-bond donors (Lipinski definition) is 0. The lowest BCUT2D eigenvalue weighted by atomic mass is 10.2. The third kappa shape index (κ3) is 3.94. The lowest BCUT2D eigenvalue weighted by molar-refractivity contribution is 0.464. The molecule has 0 radical (unpaired) electrons. The average Bonchev–Trinajstić information content (AvgIpc) is 2.74. The van der Waals surface area contributed by atoms with Crippen LogP contribution in [0.5, 0.6) is 0 Å². The number of benzene rings is 1. The van der Waals surface area contributed by atoms with E-state index in [1.54, 1.807) is 7.05 Å². The summed E-state index contributed by atoms with van der Waals surface area (Å²) in [4.78, 5) is 0.0822. The van der Waals surface area contributed by atoms with E-state index >= 15 is 0 Å². The van der Waals surface area contributed by atoms with Crippen LogP contribution in [0.2, 0.25) is 10.0 Å². The standard InChI is InChI=1S/C16H21Cl2N3O2S/c1-5-6-21-12(3)16(11(2)19-21)10-20(4)24(22,23)15-8-13(17)7-14(18)9-15/h7-9H,5-6,10H2,1-4H3. The van der Waals surface area contributed by atoms with Crippen molar-refractivity contribution in [2.45, 2.75) is 45.2 Å². The first-order valence-electron chi connectivity index (χ1n) is 7.62. The van der Waals surface area contributed by atoms with Crippen LogP contribution in [-0.4, -0.2) is 29.6 Å². The summed E-state index contributed by atoms with van der Waals surface area (Å²) in [7, 11) is -2.15. The van der Waals surface area contributed by atoms with Crippen LogP contribution in [-0.2, 0) is 23.1 Å². The molecule has 0 saturated carbocycles. The maximum absolute atomic E-state index is 12.8. The lowest BCUT2D eigenvalue weighted by Gasteiger charge is -2.18. The van der Waals surface area contributed by atoms with Crippen LogP contribution in [0, 0.1) is 13.8 Å². The summed E-state index contributed by atoms with van der Waals surface area (Å²) < 4.78 is 28.8. The van der Waals surface area contributed by atoms with Crippen LogP contribution in [0.1, 0.15) is 30.3 Å². The lowest BCUT2D eigenvalue weighted by Crippen LogP contribution is -2.27. The van der Waals surface area contributed by atoms with Gasteiger partial charge < -0.3 is 0 Å². The Bertz CT molecular complexity index is 827. The number of aryl methyl sites for hydroxylation is 2. The summed E-state index contributed by atoms with van der Waals surface area (Å²) in [6, 6.07) is 4.31. The first-order valence-corrected chi connectivity index (χ1v) is 9.81. The molecule has 8 heteroatoms. The van der Waals surface area contributed by atoms with Crippen LogP contribution in [0.15, 0.2) is 23.1 Å². The Morgan fingerprint density at radius 3 is 2.29 bits per heavy atom. The van der Waals surface area contributed by atoms with Crippen molar-refractivity contribution in [3.8, 4) is 0 Å². The van der Waals surface area contributed by atoms with Gasteiger partial charge in [0.05, 0.1) is 10.6 Å². The summed E-state index contributed by atoms with van der Waals surface area (Å²) in [6.07, 6.45) is 0.969. The first kappa shape index (κ1) is 19.2. The van der Waals surface area contributed by atoms with E-state index < -0.39 is 10.0 Å². The zero-order valence-electron chi connectivity index (χ0n) is 14.2. The highest BCUT2D eigenvalue weighted by atomic mass is 35.5. The Morgan fingerprint density at radius 2 is 1.75 bits per heavy atom. The summed E-state index contributed by atoms with van der Waals surface area (Å²) in [6.45, 7) is 6.99. The van der Waals surface area contributed by atoms with Crippen molar-refractivity contribution in [3.63, 3.8) is 0 Å². The molecule has 0 spiro atoms. The van der Waals surface area contributed by atoms with E-state index in [4.69, 9.17) is 23.2 Å². The molecule has 0 atom stereocenters. The highest BCUT2D eigenvalue weighted by Crippen LogP contribution is 2.26. The Morgan fingerprint density at radius 1 is 1.17 bits per heavy atom. The Hall–Kier alpha value is -1.08. The van der Waals surface area contributed by atoms with E-state index in [0.717, 1.165) is 29.9 Å². The quantitative estimate of drug-likeness (QED) is 0.748. The summed E-state index contributed by atoms with van der Waals surface area (Å²) in [5.41, 5.74) is 2.75. The molecule has 0 fully saturated rings. The molecule has 2 rings (SSSR count). The Kier molecular flexibility index (Phi) is 5.96. The van der Waals surface area contributed by atoms with Crippen molar-refractivity contribution >= 4 is 33.2 Å². The van der Waals surface area contributed by atoms with Crippen molar-refractivity contribution in [2.24, 2.45) is 0 Å². The monoisotopic (exact) mass is 389 g/mol. The van der Waals surface area contributed by atoms with Gasteiger partial charge in [-0.05, 0) is 38.5 Å². The van der Waals surface area contributed by atoms with Crippen molar-refractivity contribution in [1.82, 2.24) is 14.1 Å². The van der Waals surface area contributed by atoms with E-state index in [-0.39, 0.29) is 21.5 Å². The van der Waals surface area contributed by atoms with Crippen LogP contribution >= 0.6 is 23.2 Å². The predicted molar refractivity (Wildman–Crippen MR) is 97.1 cm³/mol. The molecule has 0 aliphatic carbocycles. The minimum Gasteiger partial charge on any atom is -0.269 e. The second kappa shape index (κ2) is 7.44. The maximum Gasteiger partial charge on any atom is 0.243 e. The molecule has 24 heavy (non-hydrogen) atoms. The summed E-state index contributed by atoms with van der Waals surface area (Å²) in [5, 5.41) is 5.07. The summed E-state index contributed by atoms with van der Waals surface area (Å²) in [5.74, 6) is 0. The molecule has 2 aromatic rings. The van der Waals surface area contributed by atoms with Crippen molar-refractivity contribution in [2.75, 3.05) is 7.05 Å². The van der Waals surface area contributed by atoms with Crippen molar-refractivity contribution < 1.29 is 8.42 Å². The number of hydrogen-bond acceptors (Lipinski definition) is 3. The molecular formula is C16H21Cl2N3O2S. The highest BCUT2D eigenvalue weighted by molar-refractivity contribution is 7.89. The number of nitrogens with zero attached hydrogens (tertiary/aromatic N) is 3. The van der Waals surface area contributed by atoms with Gasteiger partial charge in [-0.2, -0.15) is 9.40 Å². The highest BCUT2D eigenvalue weighted by Gasteiger charge is 2.24. The number of halogens is 2. The molecule has 0 bridgehead atoms. The number of sulfonamides is 1. The van der Waals surface area contributed by atoms with Gasteiger partial charge >= 0.3 is 0 Å². The molecule has 0 saturated heterocycles. The van der Waals surface area contributed by atoms with Gasteiger partial charge in [-0.15, -0.1) is 0 Å². The van der Waals surface area contributed by atoms with E-state index in [1.165, 1.54) is 22.5 Å². The molecule has 1 aromatic heterocycles. The van der Waals surface area contributed by atoms with Crippen LogP contribution < -0.4 is 0 Å². The predicted octanol–water partition coefficient (Wildman–Crippen LogP) is 4.04. The molecule has 0 unspecified atom stereocenters. The van der Waals surface area contributed by atoms with Gasteiger partial charge in [0.1, 0.15) is 0 Å². The first-order chi connectivity index (χ1) is 11.2. The molecule has 0 aliphatic rings. The molecule has 0 amide bonds. The third-order valence-corrected chi connectivity index (χ3v) is 6.11. The van der Waals surface area contributed by atoms with Gasteiger partial charge in [-0.1, -0.05) is 30.1 Å². The normalized spacial score (nSPS) is 12.1. The van der Waals surface area contributed by atoms with Gasteiger partial charge in [-0.3, -0.25) is 4.68 Å². The van der Waals surface area contributed by atoms with Crippen molar-refractivity contribution in [3.05, 3.63) is 45.2 Å². The molecule has 0 N–H and O–H groups in total. The van der Waals surface area contributed by atoms with Gasteiger partial charge in [0, 0.05) is 41.4 Å². The molecule has 132 valence electrons. The van der Waals surface area contributed by atoms with Crippen LogP contribution in [0.25, 0.3) is 0 Å². The molecule has 5 nitrogen and oxygen atoms in total.